The molecule has 3 aromatic rings. The fourth-order valence-electron chi connectivity index (χ4n) is 4.40. The first-order chi connectivity index (χ1) is 17.2. The summed E-state index contributed by atoms with van der Waals surface area (Å²) in [6.07, 6.45) is 4.16. The van der Waals surface area contributed by atoms with Crippen LogP contribution in [0, 0.1) is 6.92 Å². The number of hydrogen-bond acceptors (Lipinski definition) is 7. The number of aromatic nitrogens is 4. The lowest BCUT2D eigenvalue weighted by atomic mass is 9.88. The molecule has 1 aromatic carbocycles. The lowest BCUT2D eigenvalue weighted by molar-refractivity contribution is -0.137. The van der Waals surface area contributed by atoms with Gasteiger partial charge in [0, 0.05) is 25.5 Å². The zero-order valence-electron chi connectivity index (χ0n) is 20.7. The van der Waals surface area contributed by atoms with Crippen LogP contribution >= 0.6 is 0 Å². The normalized spacial score (nSPS) is 18.1. The SMILES string of the molecule is CCn1cc(CCC(CC(=O)O)c2ccc(C)c(CN3CC(C)Oc4ncccc4S3(=O)=O)c2)nn1. The maximum absolute atomic E-state index is 13.4. The lowest BCUT2D eigenvalue weighted by Crippen LogP contribution is -2.35. The molecule has 0 saturated heterocycles. The first-order valence-electron chi connectivity index (χ1n) is 12.0. The Labute approximate surface area is 211 Å². The summed E-state index contributed by atoms with van der Waals surface area (Å²) in [4.78, 5) is 15.8. The van der Waals surface area contributed by atoms with Gasteiger partial charge in [-0.3, -0.25) is 9.48 Å². The van der Waals surface area contributed by atoms with E-state index >= 15 is 0 Å². The van der Waals surface area contributed by atoms with Gasteiger partial charge in [-0.2, -0.15) is 4.31 Å². The number of hydrogen-bond donors (Lipinski definition) is 1. The van der Waals surface area contributed by atoms with Crippen LogP contribution in [-0.4, -0.2) is 56.4 Å². The Hall–Kier alpha value is -3.31. The number of carbonyl (C=O) groups is 1. The molecule has 10 nitrogen and oxygen atoms in total. The summed E-state index contributed by atoms with van der Waals surface area (Å²) >= 11 is 0. The second-order valence-electron chi connectivity index (χ2n) is 9.12. The summed E-state index contributed by atoms with van der Waals surface area (Å²) < 4.78 is 35.8. The van der Waals surface area contributed by atoms with Gasteiger partial charge >= 0.3 is 5.97 Å². The Morgan fingerprint density at radius 1 is 1.31 bits per heavy atom. The van der Waals surface area contributed by atoms with Gasteiger partial charge in [0.15, 0.2) is 0 Å². The van der Waals surface area contributed by atoms with Crippen LogP contribution in [-0.2, 0) is 34.3 Å². The lowest BCUT2D eigenvalue weighted by Gasteiger charge is -2.23. The van der Waals surface area contributed by atoms with Gasteiger partial charge in [0.05, 0.1) is 18.7 Å². The molecule has 11 heteroatoms. The van der Waals surface area contributed by atoms with Crippen LogP contribution in [0.25, 0.3) is 0 Å². The van der Waals surface area contributed by atoms with Crippen LogP contribution < -0.4 is 4.74 Å². The summed E-state index contributed by atoms with van der Waals surface area (Å²) in [6, 6.07) is 8.87. The zero-order valence-corrected chi connectivity index (χ0v) is 21.5. The molecular weight excluding hydrogens is 482 g/mol. The van der Waals surface area contributed by atoms with Crippen LogP contribution in [0.2, 0.25) is 0 Å². The van der Waals surface area contributed by atoms with Crippen molar-refractivity contribution in [2.45, 2.75) is 70.0 Å². The van der Waals surface area contributed by atoms with Crippen molar-refractivity contribution in [3.63, 3.8) is 0 Å². The van der Waals surface area contributed by atoms with Crippen LogP contribution in [0.5, 0.6) is 5.88 Å². The Morgan fingerprint density at radius 2 is 2.11 bits per heavy atom. The molecule has 0 fully saturated rings. The molecule has 0 bridgehead atoms. The highest BCUT2D eigenvalue weighted by Gasteiger charge is 2.34. The summed E-state index contributed by atoms with van der Waals surface area (Å²) in [7, 11) is -3.83. The van der Waals surface area contributed by atoms with Crippen molar-refractivity contribution >= 4 is 16.0 Å². The second kappa shape index (κ2) is 10.8. The second-order valence-corrected chi connectivity index (χ2v) is 11.0. The summed E-state index contributed by atoms with van der Waals surface area (Å²) in [5, 5.41) is 17.8. The molecular formula is C25H31N5O5S. The van der Waals surface area contributed by atoms with Gasteiger partial charge in [0.25, 0.3) is 0 Å². The van der Waals surface area contributed by atoms with Crippen molar-refractivity contribution in [3.05, 3.63) is 65.1 Å². The minimum atomic E-state index is -3.83. The molecule has 2 unspecified atom stereocenters. The number of benzene rings is 1. The van der Waals surface area contributed by atoms with E-state index in [0.29, 0.717) is 12.8 Å². The molecule has 0 aliphatic carbocycles. The molecule has 3 heterocycles. The summed E-state index contributed by atoms with van der Waals surface area (Å²) in [5.41, 5.74) is 3.43. The first-order valence-corrected chi connectivity index (χ1v) is 13.4. The van der Waals surface area contributed by atoms with E-state index in [1.807, 2.05) is 45.2 Å². The van der Waals surface area contributed by atoms with E-state index in [-0.39, 0.29) is 42.3 Å². The number of aryl methyl sites for hydroxylation is 3. The number of nitrogens with zero attached hydrogens (tertiary/aromatic N) is 5. The summed E-state index contributed by atoms with van der Waals surface area (Å²) in [6.45, 7) is 6.76. The van der Waals surface area contributed by atoms with Crippen LogP contribution in [0.3, 0.4) is 0 Å². The highest BCUT2D eigenvalue weighted by Crippen LogP contribution is 2.32. The monoisotopic (exact) mass is 513 g/mol. The van der Waals surface area contributed by atoms with Crippen molar-refractivity contribution in [3.8, 4) is 5.88 Å². The van der Waals surface area contributed by atoms with Crippen molar-refractivity contribution in [1.29, 1.82) is 0 Å². The number of ether oxygens (including phenoxy) is 1. The molecule has 192 valence electrons. The van der Waals surface area contributed by atoms with Gasteiger partial charge in [-0.05, 0) is 68.4 Å². The third-order valence-corrected chi connectivity index (χ3v) is 8.22. The van der Waals surface area contributed by atoms with Gasteiger partial charge in [-0.15, -0.1) is 5.10 Å². The molecule has 0 saturated carbocycles. The van der Waals surface area contributed by atoms with Crippen LogP contribution in [0.4, 0.5) is 0 Å². The highest BCUT2D eigenvalue weighted by atomic mass is 32.2. The third kappa shape index (κ3) is 5.73. The minimum absolute atomic E-state index is 0.0314. The maximum atomic E-state index is 13.4. The fourth-order valence-corrected chi connectivity index (χ4v) is 5.96. The molecule has 2 aromatic heterocycles. The third-order valence-electron chi connectivity index (χ3n) is 6.40. The van der Waals surface area contributed by atoms with E-state index < -0.39 is 16.0 Å². The minimum Gasteiger partial charge on any atom is -0.481 e. The Bertz CT molecular complexity index is 1340. The summed E-state index contributed by atoms with van der Waals surface area (Å²) in [5.74, 6) is -1.02. The standard InChI is InChI=1S/C25H31N5O5S/c1-4-29-16-22(27-28-29)10-9-20(13-24(31)32)19-8-7-17(2)21(12-19)15-30-14-18(3)35-25-23(36(30,33)34)6-5-11-26-25/h5-8,11-12,16,18,20H,4,9-10,13-15H2,1-3H3,(H,31,32). The topological polar surface area (TPSA) is 128 Å². The molecule has 1 aliphatic heterocycles. The molecule has 2 atom stereocenters. The first kappa shape index (κ1) is 25.8. The predicted octanol–water partition coefficient (Wildman–Crippen LogP) is 3.16. The molecule has 0 amide bonds. The maximum Gasteiger partial charge on any atom is 0.303 e. The van der Waals surface area contributed by atoms with Crippen molar-refractivity contribution in [2.75, 3.05) is 6.54 Å². The highest BCUT2D eigenvalue weighted by molar-refractivity contribution is 7.89. The van der Waals surface area contributed by atoms with Gasteiger partial charge in [-0.25, -0.2) is 13.4 Å². The molecule has 1 N–H and O–H groups in total. The van der Waals surface area contributed by atoms with Crippen molar-refractivity contribution in [1.82, 2.24) is 24.3 Å². The molecule has 0 radical (unpaired) electrons. The van der Waals surface area contributed by atoms with Gasteiger partial charge in [0.1, 0.15) is 11.0 Å². The zero-order chi connectivity index (χ0) is 25.9. The number of carboxylic acids is 1. The van der Waals surface area contributed by atoms with E-state index in [1.54, 1.807) is 10.7 Å². The van der Waals surface area contributed by atoms with Crippen LogP contribution in [0.15, 0.2) is 47.6 Å². The largest absolute Gasteiger partial charge is 0.481 e. The predicted molar refractivity (Wildman–Crippen MR) is 132 cm³/mol. The number of carboxylic acid groups (broad SMARTS) is 1. The average molecular weight is 514 g/mol. The quantitative estimate of drug-likeness (QED) is 0.462. The Balaban J connectivity index is 1.60. The smallest absolute Gasteiger partial charge is 0.303 e. The molecule has 0 spiro atoms. The van der Waals surface area contributed by atoms with Gasteiger partial charge in [0.2, 0.25) is 15.9 Å². The number of sulfonamides is 1. The number of fused-ring (bicyclic) bond motifs is 1. The van der Waals surface area contributed by atoms with Crippen LogP contribution in [0.1, 0.15) is 55.0 Å². The van der Waals surface area contributed by atoms with E-state index in [0.717, 1.165) is 28.9 Å². The Kier molecular flexibility index (Phi) is 7.70. The van der Waals surface area contributed by atoms with Crippen molar-refractivity contribution < 1.29 is 23.1 Å². The number of aliphatic carboxylic acids is 1. The van der Waals surface area contributed by atoms with E-state index in [1.165, 1.54) is 16.6 Å². The van der Waals surface area contributed by atoms with Crippen molar-refractivity contribution in [2.24, 2.45) is 0 Å². The fraction of sp³-hybridized carbons (Fsp3) is 0.440. The Morgan fingerprint density at radius 3 is 2.83 bits per heavy atom. The number of pyridine rings is 1. The number of rotatable bonds is 9. The van der Waals surface area contributed by atoms with E-state index in [9.17, 15) is 18.3 Å². The van der Waals surface area contributed by atoms with Gasteiger partial charge < -0.3 is 9.84 Å². The van der Waals surface area contributed by atoms with Gasteiger partial charge in [-0.1, -0.05) is 23.4 Å². The average Bonchev–Trinajstić information content (AvgIpc) is 3.27. The molecule has 36 heavy (non-hydrogen) atoms. The van der Waals surface area contributed by atoms with E-state index in [2.05, 4.69) is 15.3 Å². The molecule has 4 rings (SSSR count). The molecule has 1 aliphatic rings. The van der Waals surface area contributed by atoms with E-state index in [4.69, 9.17) is 4.74 Å².